The van der Waals surface area contributed by atoms with Crippen LogP contribution in [0.4, 0.5) is 5.82 Å². The molecule has 3 aromatic carbocycles. The Bertz CT molecular complexity index is 2130. The quantitative estimate of drug-likeness (QED) is 0.124. The van der Waals surface area contributed by atoms with Gasteiger partial charge in [0.15, 0.2) is 0 Å². The van der Waals surface area contributed by atoms with E-state index in [0.29, 0.717) is 56.2 Å². The summed E-state index contributed by atoms with van der Waals surface area (Å²) in [5.74, 6) is 1.03. The topological polar surface area (TPSA) is 143 Å². The van der Waals surface area contributed by atoms with Crippen LogP contribution >= 0.6 is 11.3 Å². The molecule has 0 spiro atoms. The molecule has 4 heterocycles. The van der Waals surface area contributed by atoms with E-state index in [0.717, 1.165) is 43.3 Å². The van der Waals surface area contributed by atoms with Crippen LogP contribution in [-0.2, 0) is 20.9 Å². The van der Waals surface area contributed by atoms with E-state index in [1.165, 1.54) is 4.90 Å². The maximum Gasteiger partial charge on any atom is 0.255 e. The average Bonchev–Trinajstić information content (AvgIpc) is 3.72. The number of nitrogens with one attached hydrogen (secondary N) is 2. The van der Waals surface area contributed by atoms with Crippen molar-refractivity contribution in [3.8, 4) is 33.2 Å². The molecule has 2 N–H and O–H groups in total. The van der Waals surface area contributed by atoms with Gasteiger partial charge in [0.05, 0.1) is 23.4 Å². The minimum Gasteiger partial charge on any atom is -0.494 e. The third-order valence-electron chi connectivity index (χ3n) is 9.04. The zero-order valence-corrected chi connectivity index (χ0v) is 29.7. The number of benzene rings is 3. The normalized spacial score (nSPS) is 15.4. The van der Waals surface area contributed by atoms with Gasteiger partial charge in [0.2, 0.25) is 17.7 Å². The number of piperidine rings is 1. The van der Waals surface area contributed by atoms with Gasteiger partial charge in [-0.15, -0.1) is 11.3 Å². The second kappa shape index (κ2) is 15.2. The van der Waals surface area contributed by atoms with E-state index in [-0.39, 0.29) is 30.6 Å². The van der Waals surface area contributed by atoms with Gasteiger partial charge in [-0.1, -0.05) is 30.3 Å². The number of carbonyl (C=O) groups is 4. The largest absolute Gasteiger partial charge is 0.494 e. The summed E-state index contributed by atoms with van der Waals surface area (Å²) in [6, 6.07) is 22.8. The van der Waals surface area contributed by atoms with Crippen molar-refractivity contribution in [2.24, 2.45) is 0 Å². The van der Waals surface area contributed by atoms with Crippen LogP contribution in [0.3, 0.4) is 0 Å². The molecule has 7 rings (SSSR count). The number of aromatic nitrogens is 2. The number of ether oxygens (including phenoxy) is 2. The number of anilines is 1. The second-order valence-electron chi connectivity index (χ2n) is 12.9. The maximum absolute atomic E-state index is 13.0. The highest BCUT2D eigenvalue weighted by molar-refractivity contribution is 7.21. The second-order valence-corrected chi connectivity index (χ2v) is 13.9. The predicted molar refractivity (Wildman–Crippen MR) is 198 cm³/mol. The number of thiazole rings is 1. The first kappa shape index (κ1) is 34.6. The lowest BCUT2D eigenvalue weighted by Crippen LogP contribution is -2.52. The van der Waals surface area contributed by atoms with Crippen molar-refractivity contribution < 1.29 is 28.7 Å². The van der Waals surface area contributed by atoms with Crippen LogP contribution in [0.5, 0.6) is 11.5 Å². The van der Waals surface area contributed by atoms with Gasteiger partial charge in [-0.05, 0) is 66.4 Å². The molecule has 2 aliphatic heterocycles. The van der Waals surface area contributed by atoms with Gasteiger partial charge in [0.25, 0.3) is 5.91 Å². The highest BCUT2D eigenvalue weighted by Crippen LogP contribution is 2.34. The van der Waals surface area contributed by atoms with Crippen LogP contribution < -0.4 is 25.0 Å². The van der Waals surface area contributed by atoms with Gasteiger partial charge < -0.3 is 24.6 Å². The van der Waals surface area contributed by atoms with Crippen LogP contribution in [0, 0.1) is 0 Å². The summed E-state index contributed by atoms with van der Waals surface area (Å²) >= 11 is 1.60. The molecule has 1 fully saturated rings. The van der Waals surface area contributed by atoms with Crippen molar-refractivity contribution in [1.82, 2.24) is 25.5 Å². The Morgan fingerprint density at radius 1 is 0.942 bits per heavy atom. The molecule has 52 heavy (non-hydrogen) atoms. The van der Waals surface area contributed by atoms with E-state index in [4.69, 9.17) is 14.5 Å². The lowest BCUT2D eigenvalue weighted by Gasteiger charge is -2.29. The fourth-order valence-electron chi connectivity index (χ4n) is 6.24. The molecule has 13 heteroatoms. The number of pyridine rings is 1. The molecular weight excluding hydrogens is 681 g/mol. The lowest BCUT2D eigenvalue weighted by molar-refractivity contribution is -0.137. The number of imide groups is 1. The standard InChI is InChI=1S/C39H38N6O6S/c1-44(2)34-15-10-26(22-41-34)24-5-7-25(8-6-24)38-42-31-13-12-29(21-33(31)52-38)51-19-17-40-35(46)4-3-18-50-28-11-9-27-23-45(39(49)30(27)20-28)32-14-16-36(47)43-37(32)48/h5-13,15,20-22,32H,3-4,14,16-19,23H2,1-2H3,(H,40,46)(H,43,47,48). The molecule has 1 unspecified atom stereocenters. The van der Waals surface area contributed by atoms with Crippen LogP contribution in [-0.4, -0.2) is 78.4 Å². The zero-order valence-electron chi connectivity index (χ0n) is 28.9. The Kier molecular flexibility index (Phi) is 10.1. The van der Waals surface area contributed by atoms with Gasteiger partial charge in [-0.3, -0.25) is 24.5 Å². The molecule has 0 radical (unpaired) electrons. The Morgan fingerprint density at radius 3 is 2.46 bits per heavy atom. The summed E-state index contributed by atoms with van der Waals surface area (Å²) in [5, 5.41) is 6.12. The first-order valence-corrected chi connectivity index (χ1v) is 18.0. The van der Waals surface area contributed by atoms with Crippen molar-refractivity contribution >= 4 is 51.0 Å². The van der Waals surface area contributed by atoms with E-state index < -0.39 is 11.9 Å². The van der Waals surface area contributed by atoms with Crippen molar-refractivity contribution in [2.75, 3.05) is 38.8 Å². The van der Waals surface area contributed by atoms with Crippen molar-refractivity contribution in [3.63, 3.8) is 0 Å². The molecule has 5 aromatic rings. The number of nitrogens with zero attached hydrogens (tertiary/aromatic N) is 4. The van der Waals surface area contributed by atoms with Gasteiger partial charge in [0, 0.05) is 56.4 Å². The first-order chi connectivity index (χ1) is 25.2. The monoisotopic (exact) mass is 718 g/mol. The third kappa shape index (κ3) is 7.74. The van der Waals surface area contributed by atoms with E-state index in [1.807, 2.05) is 55.5 Å². The number of amides is 4. The van der Waals surface area contributed by atoms with Crippen molar-refractivity contribution in [1.29, 1.82) is 0 Å². The van der Waals surface area contributed by atoms with Crippen LogP contribution in [0.15, 0.2) is 79.0 Å². The smallest absolute Gasteiger partial charge is 0.255 e. The highest BCUT2D eigenvalue weighted by atomic mass is 32.1. The minimum absolute atomic E-state index is 0.105. The summed E-state index contributed by atoms with van der Waals surface area (Å²) in [6.45, 7) is 1.30. The first-order valence-electron chi connectivity index (χ1n) is 17.2. The Morgan fingerprint density at radius 2 is 1.69 bits per heavy atom. The molecular formula is C39H38N6O6S. The fraction of sp³-hybridized carbons (Fsp3) is 0.282. The number of hydrogen-bond acceptors (Lipinski definition) is 10. The molecule has 1 atom stereocenters. The summed E-state index contributed by atoms with van der Waals surface area (Å²) in [5.41, 5.74) is 5.39. The van der Waals surface area contributed by atoms with Crippen LogP contribution in [0.1, 0.15) is 41.6 Å². The molecule has 1 saturated heterocycles. The van der Waals surface area contributed by atoms with Gasteiger partial charge in [-0.2, -0.15) is 0 Å². The van der Waals surface area contributed by atoms with Crippen LogP contribution in [0.25, 0.3) is 31.9 Å². The molecule has 2 aromatic heterocycles. The summed E-state index contributed by atoms with van der Waals surface area (Å²) in [7, 11) is 3.94. The van der Waals surface area contributed by atoms with E-state index >= 15 is 0 Å². The summed E-state index contributed by atoms with van der Waals surface area (Å²) < 4.78 is 12.8. The molecule has 2 aliphatic rings. The fourth-order valence-corrected chi connectivity index (χ4v) is 7.24. The van der Waals surface area contributed by atoms with Crippen molar-refractivity contribution in [3.05, 3.63) is 90.1 Å². The average molecular weight is 719 g/mol. The molecule has 12 nitrogen and oxygen atoms in total. The summed E-state index contributed by atoms with van der Waals surface area (Å²) in [4.78, 5) is 62.0. The lowest BCUT2D eigenvalue weighted by atomic mass is 10.0. The Labute approximate surface area is 304 Å². The predicted octanol–water partition coefficient (Wildman–Crippen LogP) is 5.21. The Balaban J connectivity index is 0.826. The molecule has 266 valence electrons. The molecule has 0 aliphatic carbocycles. The SMILES string of the molecule is CN(C)c1ccc(-c2ccc(-c3nc4ccc(OCCNC(=O)CCCOc5ccc6c(c5)C(=O)N(C5CCC(=O)NC5=O)C6)cc4s3)cc2)cn1. The number of carbonyl (C=O) groups excluding carboxylic acids is 4. The number of rotatable bonds is 13. The Hall–Kier alpha value is -5.82. The molecule has 0 bridgehead atoms. The molecule has 0 saturated carbocycles. The molecule has 4 amide bonds. The summed E-state index contributed by atoms with van der Waals surface area (Å²) in [6.07, 6.45) is 3.18. The van der Waals surface area contributed by atoms with E-state index in [1.54, 1.807) is 23.5 Å². The van der Waals surface area contributed by atoms with Crippen molar-refractivity contribution in [2.45, 2.75) is 38.3 Å². The highest BCUT2D eigenvalue weighted by Gasteiger charge is 2.39. The van der Waals surface area contributed by atoms with E-state index in [2.05, 4.69) is 45.9 Å². The minimum atomic E-state index is -0.660. The number of fused-ring (bicyclic) bond motifs is 2. The van der Waals surface area contributed by atoms with Gasteiger partial charge >= 0.3 is 0 Å². The zero-order chi connectivity index (χ0) is 36.2. The van der Waals surface area contributed by atoms with Gasteiger partial charge in [-0.25, -0.2) is 9.97 Å². The van der Waals surface area contributed by atoms with Crippen LogP contribution in [0.2, 0.25) is 0 Å². The van der Waals surface area contributed by atoms with E-state index in [9.17, 15) is 19.2 Å². The van der Waals surface area contributed by atoms with Gasteiger partial charge in [0.1, 0.15) is 35.0 Å². The third-order valence-corrected chi connectivity index (χ3v) is 10.1. The number of hydrogen-bond donors (Lipinski definition) is 2. The maximum atomic E-state index is 13.0.